The lowest BCUT2D eigenvalue weighted by molar-refractivity contribution is 0.102. The number of aromatic nitrogens is 4. The van der Waals surface area contributed by atoms with Crippen molar-refractivity contribution in [2.45, 2.75) is 19.3 Å². The number of hydrogen-bond acceptors (Lipinski definition) is 7. The van der Waals surface area contributed by atoms with Gasteiger partial charge in [-0.15, -0.1) is 10.2 Å². The molecule has 2 heterocycles. The smallest absolute Gasteiger partial charge is 0.255 e. The summed E-state index contributed by atoms with van der Waals surface area (Å²) in [5.74, 6) is 1.01. The van der Waals surface area contributed by atoms with Gasteiger partial charge in [-0.25, -0.2) is 0 Å². The lowest BCUT2D eigenvalue weighted by atomic mass is 9.98. The van der Waals surface area contributed by atoms with Crippen molar-refractivity contribution in [2.24, 2.45) is 0 Å². The zero-order valence-electron chi connectivity index (χ0n) is 19.5. The first-order chi connectivity index (χ1) is 17.6. The highest BCUT2D eigenvalue weighted by atomic mass is 16.5. The molecule has 36 heavy (non-hydrogen) atoms. The summed E-state index contributed by atoms with van der Waals surface area (Å²) in [5.41, 5.74) is 2.02. The quantitative estimate of drug-likeness (QED) is 0.326. The number of benzene rings is 3. The number of tetrazole rings is 1. The standard InChI is InChI=1S/C27H23N5O4/c1-17(18-6-3-2-4-7-18)14-15-35-20-12-10-19(11-13-20)27(34)28-22-9-5-8-21-23(33)16-24(36-25(21)22)26-29-31-32-30-26/h2-13,16-17H,14-15H2,1H3,(H,28,34)(H,29,30,31,32). The molecule has 0 bridgehead atoms. The number of ether oxygens (including phenoxy) is 1. The highest BCUT2D eigenvalue weighted by molar-refractivity contribution is 6.08. The van der Waals surface area contributed by atoms with Crippen LogP contribution in [0, 0.1) is 0 Å². The van der Waals surface area contributed by atoms with E-state index < -0.39 is 0 Å². The summed E-state index contributed by atoms with van der Waals surface area (Å²) in [6, 6.07) is 23.5. The summed E-state index contributed by atoms with van der Waals surface area (Å²) < 4.78 is 11.7. The molecule has 2 aromatic heterocycles. The molecule has 0 aliphatic heterocycles. The van der Waals surface area contributed by atoms with Gasteiger partial charge in [0.15, 0.2) is 16.8 Å². The van der Waals surface area contributed by atoms with Gasteiger partial charge in [0.05, 0.1) is 17.7 Å². The Morgan fingerprint density at radius 3 is 2.61 bits per heavy atom. The summed E-state index contributed by atoms with van der Waals surface area (Å²) in [5, 5.41) is 16.7. The summed E-state index contributed by atoms with van der Waals surface area (Å²) in [4.78, 5) is 25.5. The van der Waals surface area contributed by atoms with E-state index in [0.717, 1.165) is 6.42 Å². The lowest BCUT2D eigenvalue weighted by Crippen LogP contribution is -2.13. The summed E-state index contributed by atoms with van der Waals surface area (Å²) >= 11 is 0. The molecule has 1 unspecified atom stereocenters. The average molecular weight is 482 g/mol. The molecule has 0 spiro atoms. The number of hydrogen-bond donors (Lipinski definition) is 2. The number of amides is 1. The lowest BCUT2D eigenvalue weighted by Gasteiger charge is -2.13. The molecule has 1 atom stereocenters. The molecule has 5 rings (SSSR count). The van der Waals surface area contributed by atoms with Crippen LogP contribution < -0.4 is 15.5 Å². The molecule has 0 aliphatic carbocycles. The van der Waals surface area contributed by atoms with Crippen LogP contribution in [0.25, 0.3) is 22.6 Å². The summed E-state index contributed by atoms with van der Waals surface area (Å²) in [6.45, 7) is 2.74. The van der Waals surface area contributed by atoms with Gasteiger partial charge in [-0.3, -0.25) is 9.59 Å². The minimum atomic E-state index is -0.348. The van der Waals surface area contributed by atoms with E-state index in [1.807, 2.05) is 18.2 Å². The molecular formula is C27H23N5O4. The Kier molecular flexibility index (Phi) is 6.53. The number of anilines is 1. The third-order valence-electron chi connectivity index (χ3n) is 5.87. The number of nitrogens with zero attached hydrogens (tertiary/aromatic N) is 3. The van der Waals surface area contributed by atoms with Gasteiger partial charge >= 0.3 is 0 Å². The Morgan fingerprint density at radius 2 is 1.86 bits per heavy atom. The predicted octanol–water partition coefficient (Wildman–Crippen LogP) is 4.80. The first-order valence-electron chi connectivity index (χ1n) is 11.5. The zero-order chi connectivity index (χ0) is 24.9. The maximum atomic E-state index is 12.9. The summed E-state index contributed by atoms with van der Waals surface area (Å²) in [7, 11) is 0. The van der Waals surface area contributed by atoms with E-state index >= 15 is 0 Å². The Morgan fingerprint density at radius 1 is 1.06 bits per heavy atom. The normalized spacial score (nSPS) is 11.8. The second-order valence-corrected chi connectivity index (χ2v) is 8.32. The monoisotopic (exact) mass is 481 g/mol. The Labute approximate surface area is 206 Å². The molecule has 5 aromatic rings. The van der Waals surface area contributed by atoms with Crippen molar-refractivity contribution in [1.82, 2.24) is 20.6 Å². The van der Waals surface area contributed by atoms with Gasteiger partial charge in [-0.1, -0.05) is 43.3 Å². The maximum absolute atomic E-state index is 12.9. The number of para-hydroxylation sites is 1. The first kappa shape index (κ1) is 23.0. The van der Waals surface area contributed by atoms with Gasteiger partial charge in [0.25, 0.3) is 5.91 Å². The Bertz CT molecular complexity index is 1530. The topological polar surface area (TPSA) is 123 Å². The van der Waals surface area contributed by atoms with Crippen LogP contribution in [-0.4, -0.2) is 33.1 Å². The third kappa shape index (κ3) is 5.00. The predicted molar refractivity (Wildman–Crippen MR) is 135 cm³/mol. The highest BCUT2D eigenvalue weighted by Gasteiger charge is 2.15. The van der Waals surface area contributed by atoms with E-state index in [1.54, 1.807) is 42.5 Å². The van der Waals surface area contributed by atoms with E-state index in [-0.39, 0.29) is 28.5 Å². The molecule has 2 N–H and O–H groups in total. The van der Waals surface area contributed by atoms with Crippen molar-refractivity contribution in [3.63, 3.8) is 0 Å². The van der Waals surface area contributed by atoms with Crippen LogP contribution in [0.1, 0.15) is 35.2 Å². The second-order valence-electron chi connectivity index (χ2n) is 8.32. The molecular weight excluding hydrogens is 458 g/mol. The number of H-pyrrole nitrogens is 1. The van der Waals surface area contributed by atoms with E-state index in [2.05, 4.69) is 45.0 Å². The van der Waals surface area contributed by atoms with Crippen LogP contribution >= 0.6 is 0 Å². The summed E-state index contributed by atoms with van der Waals surface area (Å²) in [6.07, 6.45) is 0.879. The zero-order valence-corrected chi connectivity index (χ0v) is 19.5. The van der Waals surface area contributed by atoms with Crippen LogP contribution in [0.5, 0.6) is 5.75 Å². The van der Waals surface area contributed by atoms with Crippen LogP contribution in [-0.2, 0) is 0 Å². The largest absolute Gasteiger partial charge is 0.494 e. The first-order valence-corrected chi connectivity index (χ1v) is 11.5. The van der Waals surface area contributed by atoms with Crippen LogP contribution in [0.4, 0.5) is 5.69 Å². The van der Waals surface area contributed by atoms with Crippen LogP contribution in [0.2, 0.25) is 0 Å². The molecule has 0 aliphatic rings. The molecule has 0 radical (unpaired) electrons. The molecule has 1 amide bonds. The van der Waals surface area contributed by atoms with Gasteiger partial charge in [-0.2, -0.15) is 5.21 Å². The van der Waals surface area contributed by atoms with Gasteiger partial charge in [-0.05, 0) is 59.5 Å². The van der Waals surface area contributed by atoms with E-state index in [1.165, 1.54) is 11.6 Å². The fraction of sp³-hybridized carbons (Fsp3) is 0.148. The third-order valence-corrected chi connectivity index (χ3v) is 5.87. The molecule has 3 aromatic carbocycles. The van der Waals surface area contributed by atoms with Gasteiger partial charge < -0.3 is 14.5 Å². The molecule has 180 valence electrons. The van der Waals surface area contributed by atoms with Crippen molar-refractivity contribution in [3.8, 4) is 17.3 Å². The second kappa shape index (κ2) is 10.2. The van der Waals surface area contributed by atoms with E-state index in [4.69, 9.17) is 9.15 Å². The number of rotatable bonds is 8. The highest BCUT2D eigenvalue weighted by Crippen LogP contribution is 2.26. The van der Waals surface area contributed by atoms with Gasteiger partial charge in [0, 0.05) is 11.6 Å². The molecule has 0 saturated heterocycles. The Hall–Kier alpha value is -4.79. The maximum Gasteiger partial charge on any atom is 0.255 e. The Balaban J connectivity index is 1.26. The van der Waals surface area contributed by atoms with E-state index in [9.17, 15) is 9.59 Å². The number of carbonyl (C=O) groups is 1. The fourth-order valence-corrected chi connectivity index (χ4v) is 3.85. The van der Waals surface area contributed by atoms with Crippen molar-refractivity contribution < 1.29 is 13.9 Å². The molecule has 9 heteroatoms. The van der Waals surface area contributed by atoms with Crippen molar-refractivity contribution in [2.75, 3.05) is 11.9 Å². The molecule has 9 nitrogen and oxygen atoms in total. The number of fused-ring (bicyclic) bond motifs is 1. The van der Waals surface area contributed by atoms with Crippen LogP contribution in [0.3, 0.4) is 0 Å². The van der Waals surface area contributed by atoms with Crippen molar-refractivity contribution >= 4 is 22.6 Å². The van der Waals surface area contributed by atoms with Gasteiger partial charge in [0.2, 0.25) is 5.82 Å². The minimum absolute atomic E-state index is 0.142. The van der Waals surface area contributed by atoms with Crippen molar-refractivity contribution in [1.29, 1.82) is 0 Å². The fourth-order valence-electron chi connectivity index (χ4n) is 3.85. The van der Waals surface area contributed by atoms with Crippen LogP contribution in [0.15, 0.2) is 88.1 Å². The molecule has 0 fully saturated rings. The minimum Gasteiger partial charge on any atom is -0.494 e. The number of aromatic amines is 1. The molecule has 0 saturated carbocycles. The average Bonchev–Trinajstić information content (AvgIpc) is 3.45. The SMILES string of the molecule is CC(CCOc1ccc(C(=O)Nc2cccc3c(=O)cc(-c4nn[nH]n4)oc23)cc1)c1ccccc1. The van der Waals surface area contributed by atoms with E-state index in [0.29, 0.717) is 34.9 Å². The van der Waals surface area contributed by atoms with Gasteiger partial charge in [0.1, 0.15) is 5.75 Å². The number of nitrogens with one attached hydrogen (secondary N) is 2. The number of carbonyl (C=O) groups excluding carboxylic acids is 1. The van der Waals surface area contributed by atoms with Crippen molar-refractivity contribution in [3.05, 3.63) is 100 Å².